The van der Waals surface area contributed by atoms with Crippen LogP contribution in [0.3, 0.4) is 0 Å². The van der Waals surface area contributed by atoms with Crippen molar-refractivity contribution >= 4 is 22.5 Å². The number of fused-ring (bicyclic) bond motifs is 1. The van der Waals surface area contributed by atoms with E-state index in [1.54, 1.807) is 11.6 Å². The van der Waals surface area contributed by atoms with E-state index >= 15 is 0 Å². The van der Waals surface area contributed by atoms with Crippen molar-refractivity contribution in [3.63, 3.8) is 0 Å². The number of hydrogen-bond acceptors (Lipinski definition) is 6. The molecule has 33 heavy (non-hydrogen) atoms. The normalized spacial score (nSPS) is 18.7. The smallest absolute Gasteiger partial charge is 0.219 e. The minimum Gasteiger partial charge on any atom is -0.383 e. The van der Waals surface area contributed by atoms with Gasteiger partial charge in [0.25, 0.3) is 0 Å². The van der Waals surface area contributed by atoms with Crippen molar-refractivity contribution in [2.45, 2.75) is 25.8 Å². The Morgan fingerprint density at radius 1 is 1.27 bits per heavy atom. The van der Waals surface area contributed by atoms with Gasteiger partial charge in [0.15, 0.2) is 0 Å². The standard InChI is InChI=1S/C25H28N6O2/c1-16(32)31-8-6-24(29-19-7-9-33-15-19)22(14-31)25(26)20-4-3-5-23-21(20)10-17(11-27-23)18-12-28-30(2)13-18/h3-5,10-13,19,26,29H,6-9,14-15H2,1-2H3/t19-/m0/s1. The molecule has 1 fully saturated rings. The van der Waals surface area contributed by atoms with E-state index in [0.29, 0.717) is 31.8 Å². The minimum atomic E-state index is 0.0296. The molecule has 0 bridgehead atoms. The van der Waals surface area contributed by atoms with Gasteiger partial charge < -0.3 is 15.0 Å². The SMILES string of the molecule is CC(=O)N1CCC(N[C@H]2CCOC2)=C(C(=N)c2cccc3ncc(-c4cnn(C)c4)cc23)C1. The van der Waals surface area contributed by atoms with Gasteiger partial charge in [-0.1, -0.05) is 12.1 Å². The number of carbonyl (C=O) groups is 1. The molecule has 2 aliphatic heterocycles. The first-order chi connectivity index (χ1) is 16.0. The maximum atomic E-state index is 12.1. The predicted molar refractivity (Wildman–Crippen MR) is 127 cm³/mol. The van der Waals surface area contributed by atoms with E-state index in [-0.39, 0.29) is 11.9 Å². The van der Waals surface area contributed by atoms with Crippen LogP contribution in [0.2, 0.25) is 0 Å². The van der Waals surface area contributed by atoms with Crippen molar-refractivity contribution in [2.75, 3.05) is 26.3 Å². The summed E-state index contributed by atoms with van der Waals surface area (Å²) in [6.45, 7) is 4.10. The van der Waals surface area contributed by atoms with Gasteiger partial charge in [-0.05, 0) is 18.6 Å². The number of aromatic nitrogens is 3. The fraction of sp³-hybridized carbons (Fsp3) is 0.360. The predicted octanol–water partition coefficient (Wildman–Crippen LogP) is 2.89. The van der Waals surface area contributed by atoms with Crippen molar-refractivity contribution in [1.82, 2.24) is 25.0 Å². The Morgan fingerprint density at radius 2 is 2.15 bits per heavy atom. The number of hydrogen-bond donors (Lipinski definition) is 2. The molecule has 2 aliphatic rings. The number of benzene rings is 1. The van der Waals surface area contributed by atoms with Gasteiger partial charge in [0, 0.05) is 85.8 Å². The average molecular weight is 445 g/mol. The Labute approximate surface area is 192 Å². The fourth-order valence-electron chi connectivity index (χ4n) is 4.57. The summed E-state index contributed by atoms with van der Waals surface area (Å²) in [6, 6.07) is 8.19. The van der Waals surface area contributed by atoms with Gasteiger partial charge in [-0.25, -0.2) is 0 Å². The molecule has 5 rings (SSSR count). The summed E-state index contributed by atoms with van der Waals surface area (Å²) in [5.74, 6) is 0.0296. The van der Waals surface area contributed by atoms with Crippen molar-refractivity contribution in [1.29, 1.82) is 5.41 Å². The molecular formula is C25H28N6O2. The zero-order chi connectivity index (χ0) is 22.9. The maximum absolute atomic E-state index is 12.1. The monoisotopic (exact) mass is 444 g/mol. The molecule has 2 aromatic heterocycles. The van der Waals surface area contributed by atoms with Crippen LogP contribution in [-0.2, 0) is 16.6 Å². The summed E-state index contributed by atoms with van der Waals surface area (Å²) in [5, 5.41) is 18.0. The number of ether oxygens (including phenoxy) is 1. The third-order valence-electron chi connectivity index (χ3n) is 6.43. The number of aryl methyl sites for hydroxylation is 1. The zero-order valence-electron chi connectivity index (χ0n) is 19.0. The van der Waals surface area contributed by atoms with Crippen LogP contribution in [0.5, 0.6) is 0 Å². The maximum Gasteiger partial charge on any atom is 0.219 e. The Kier molecular flexibility index (Phi) is 5.68. The van der Waals surface area contributed by atoms with Gasteiger partial charge in [-0.3, -0.25) is 19.9 Å². The van der Waals surface area contributed by atoms with Gasteiger partial charge in [-0.15, -0.1) is 0 Å². The number of nitrogens with one attached hydrogen (secondary N) is 2. The van der Waals surface area contributed by atoms with Crippen LogP contribution in [-0.4, -0.2) is 63.6 Å². The lowest BCUT2D eigenvalue weighted by Gasteiger charge is -2.32. The van der Waals surface area contributed by atoms with E-state index in [1.165, 1.54) is 0 Å². The fourth-order valence-corrected chi connectivity index (χ4v) is 4.57. The Hall–Kier alpha value is -3.52. The molecule has 3 aromatic rings. The first-order valence-corrected chi connectivity index (χ1v) is 11.3. The largest absolute Gasteiger partial charge is 0.383 e. The lowest BCUT2D eigenvalue weighted by molar-refractivity contribution is -0.128. The van der Waals surface area contributed by atoms with Gasteiger partial charge >= 0.3 is 0 Å². The second kappa shape index (κ2) is 8.78. The molecule has 0 saturated carbocycles. The molecule has 4 heterocycles. The molecule has 0 unspecified atom stereocenters. The highest BCUT2D eigenvalue weighted by Gasteiger charge is 2.27. The second-order valence-electron chi connectivity index (χ2n) is 8.73. The number of carbonyl (C=O) groups excluding carboxylic acids is 1. The van der Waals surface area contributed by atoms with Crippen LogP contribution in [0.4, 0.5) is 0 Å². The first-order valence-electron chi connectivity index (χ1n) is 11.3. The summed E-state index contributed by atoms with van der Waals surface area (Å²) in [6.07, 6.45) is 7.27. The lowest BCUT2D eigenvalue weighted by atomic mass is 9.92. The van der Waals surface area contributed by atoms with E-state index < -0.39 is 0 Å². The van der Waals surface area contributed by atoms with Gasteiger partial charge in [0.05, 0.1) is 30.1 Å². The Bertz CT molecular complexity index is 1250. The van der Waals surface area contributed by atoms with Crippen LogP contribution in [0.25, 0.3) is 22.0 Å². The average Bonchev–Trinajstić information content (AvgIpc) is 3.50. The molecule has 2 N–H and O–H groups in total. The number of rotatable bonds is 5. The van der Waals surface area contributed by atoms with Crippen LogP contribution < -0.4 is 5.32 Å². The molecule has 1 atom stereocenters. The van der Waals surface area contributed by atoms with Crippen LogP contribution in [0.15, 0.2) is 54.1 Å². The van der Waals surface area contributed by atoms with E-state index in [9.17, 15) is 10.2 Å². The highest BCUT2D eigenvalue weighted by molar-refractivity contribution is 6.18. The van der Waals surface area contributed by atoms with Crippen molar-refractivity contribution < 1.29 is 9.53 Å². The summed E-state index contributed by atoms with van der Waals surface area (Å²) in [7, 11) is 1.89. The van der Waals surface area contributed by atoms with E-state index in [4.69, 9.17) is 4.74 Å². The summed E-state index contributed by atoms with van der Waals surface area (Å²) in [4.78, 5) is 18.6. The van der Waals surface area contributed by atoms with Crippen LogP contribution in [0, 0.1) is 5.41 Å². The van der Waals surface area contributed by atoms with Crippen LogP contribution in [0.1, 0.15) is 25.3 Å². The molecule has 1 amide bonds. The van der Waals surface area contributed by atoms with E-state index in [1.807, 2.05) is 48.7 Å². The second-order valence-corrected chi connectivity index (χ2v) is 8.73. The highest BCUT2D eigenvalue weighted by Crippen LogP contribution is 2.28. The van der Waals surface area contributed by atoms with Gasteiger partial charge in [0.1, 0.15) is 0 Å². The molecule has 0 aliphatic carbocycles. The zero-order valence-corrected chi connectivity index (χ0v) is 19.0. The molecule has 0 spiro atoms. The molecule has 0 radical (unpaired) electrons. The molecule has 1 saturated heterocycles. The van der Waals surface area contributed by atoms with E-state index in [0.717, 1.165) is 51.9 Å². The summed E-state index contributed by atoms with van der Waals surface area (Å²) < 4.78 is 7.30. The summed E-state index contributed by atoms with van der Waals surface area (Å²) in [5.41, 5.74) is 5.93. The van der Waals surface area contributed by atoms with E-state index in [2.05, 4.69) is 21.5 Å². The number of amides is 1. The Morgan fingerprint density at radius 3 is 2.88 bits per heavy atom. The van der Waals surface area contributed by atoms with Crippen molar-refractivity contribution in [2.24, 2.45) is 7.05 Å². The van der Waals surface area contributed by atoms with Crippen molar-refractivity contribution in [3.05, 3.63) is 59.7 Å². The molecule has 8 heteroatoms. The van der Waals surface area contributed by atoms with Crippen molar-refractivity contribution in [3.8, 4) is 11.1 Å². The number of nitrogens with zero attached hydrogens (tertiary/aromatic N) is 4. The first kappa shape index (κ1) is 21.3. The highest BCUT2D eigenvalue weighted by atomic mass is 16.5. The quantitative estimate of drug-likeness (QED) is 0.590. The lowest BCUT2D eigenvalue weighted by Crippen LogP contribution is -2.42. The molecule has 8 nitrogen and oxygen atoms in total. The number of pyridine rings is 1. The molecular weight excluding hydrogens is 416 g/mol. The third kappa shape index (κ3) is 4.26. The van der Waals surface area contributed by atoms with Gasteiger partial charge in [-0.2, -0.15) is 5.10 Å². The molecule has 170 valence electrons. The van der Waals surface area contributed by atoms with Crippen LogP contribution >= 0.6 is 0 Å². The minimum absolute atomic E-state index is 0.0296. The molecule has 1 aromatic carbocycles. The summed E-state index contributed by atoms with van der Waals surface area (Å²) >= 11 is 0. The van der Waals surface area contributed by atoms with Gasteiger partial charge in [0.2, 0.25) is 5.91 Å². The third-order valence-corrected chi connectivity index (χ3v) is 6.43. The Balaban J connectivity index is 1.57. The topological polar surface area (TPSA) is 96.1 Å².